The number of aromatic amines is 1. The van der Waals surface area contributed by atoms with Gasteiger partial charge < -0.3 is 15.0 Å². The van der Waals surface area contributed by atoms with Crippen molar-refractivity contribution in [1.82, 2.24) is 10.3 Å². The molecule has 4 aromatic rings. The molecule has 0 aliphatic carbocycles. The molecule has 4 rings (SSSR count). The summed E-state index contributed by atoms with van der Waals surface area (Å²) in [7, 11) is -4.00. The highest BCUT2D eigenvalue weighted by Gasteiger charge is 2.31. The molecular formula is C31H29Cl2F3N2O5S. The first-order valence-electron chi connectivity index (χ1n) is 13.5. The Balaban J connectivity index is 1.40. The number of rotatable bonds is 12. The molecule has 7 nitrogen and oxygen atoms in total. The maximum atomic E-state index is 13.3. The third kappa shape index (κ3) is 8.34. The number of H-pyrrole nitrogens is 1. The number of Topliss-reactive ketones (excluding diaryl/α,β-unsaturated/α-hetero) is 1. The predicted octanol–water partition coefficient (Wildman–Crippen LogP) is 7.15. The molecule has 234 valence electrons. The van der Waals surface area contributed by atoms with E-state index in [1.807, 2.05) is 26.0 Å². The quantitative estimate of drug-likeness (QED) is 0.123. The van der Waals surface area contributed by atoms with E-state index in [1.165, 1.54) is 6.07 Å². The number of fused-ring (bicyclic) bond motifs is 1. The highest BCUT2D eigenvalue weighted by atomic mass is 35.5. The first kappa shape index (κ1) is 33.4. The number of benzene rings is 3. The van der Waals surface area contributed by atoms with E-state index in [0.717, 1.165) is 28.6 Å². The minimum Gasteiger partial charge on any atom is -0.494 e. The smallest absolute Gasteiger partial charge is 0.416 e. The number of halogens is 5. The highest BCUT2D eigenvalue weighted by molar-refractivity contribution is 7.92. The van der Waals surface area contributed by atoms with Crippen LogP contribution in [0.3, 0.4) is 0 Å². The summed E-state index contributed by atoms with van der Waals surface area (Å²) in [5.74, 6) is -2.28. The third-order valence-corrected chi connectivity index (χ3v) is 9.26. The van der Waals surface area contributed by atoms with Crippen LogP contribution in [0.5, 0.6) is 5.75 Å². The molecule has 0 saturated carbocycles. The number of ketones is 1. The Bertz CT molecular complexity index is 1800. The second-order valence-corrected chi connectivity index (χ2v) is 13.3. The number of amides is 1. The molecule has 0 aliphatic heterocycles. The molecule has 0 bridgehead atoms. The van der Waals surface area contributed by atoms with E-state index < -0.39 is 44.8 Å². The number of alkyl halides is 3. The van der Waals surface area contributed by atoms with Crippen molar-refractivity contribution >= 4 is 55.6 Å². The number of aromatic nitrogens is 1. The summed E-state index contributed by atoms with van der Waals surface area (Å²) < 4.78 is 70.4. The van der Waals surface area contributed by atoms with Crippen molar-refractivity contribution in [2.45, 2.75) is 32.9 Å². The lowest BCUT2D eigenvalue weighted by Gasteiger charge is -2.11. The van der Waals surface area contributed by atoms with Gasteiger partial charge in [0.25, 0.3) is 5.91 Å². The molecule has 0 radical (unpaired) electrons. The van der Waals surface area contributed by atoms with E-state index in [2.05, 4.69) is 10.3 Å². The van der Waals surface area contributed by atoms with Gasteiger partial charge in [0, 0.05) is 33.1 Å². The van der Waals surface area contributed by atoms with Gasteiger partial charge in [-0.3, -0.25) is 9.59 Å². The number of carbonyl (C=O) groups excluding carboxylic acids is 2. The fourth-order valence-corrected chi connectivity index (χ4v) is 6.14. The molecule has 0 atom stereocenters. The molecule has 0 aliphatic rings. The Morgan fingerprint density at radius 3 is 2.39 bits per heavy atom. The normalized spacial score (nSPS) is 12.0. The maximum Gasteiger partial charge on any atom is 0.416 e. The van der Waals surface area contributed by atoms with Crippen molar-refractivity contribution in [2.24, 2.45) is 0 Å². The van der Waals surface area contributed by atoms with Crippen molar-refractivity contribution < 1.29 is 35.9 Å². The standard InChI is InChI=1S/C31H29Cl2F3N2O5S/c1-18-13-23(14-19(2)28(18)33)43-11-4-7-25-24-9-8-22(32)16-26(24)38-29(25)27(39)17-44(41,42)12-10-37-30(40)20-5-3-6-21(15-20)31(34,35)36/h3,5-6,8-9,13-16,38H,4,7,10-12,17H2,1-2H3,(H,37,40). The first-order chi connectivity index (χ1) is 20.6. The Hall–Kier alpha value is -3.54. The molecule has 13 heteroatoms. The summed E-state index contributed by atoms with van der Waals surface area (Å²) in [6, 6.07) is 12.5. The zero-order chi connectivity index (χ0) is 32.2. The van der Waals surface area contributed by atoms with Crippen LogP contribution < -0.4 is 10.1 Å². The van der Waals surface area contributed by atoms with Crippen molar-refractivity contribution in [2.75, 3.05) is 24.7 Å². The van der Waals surface area contributed by atoms with Crippen LogP contribution in [0.2, 0.25) is 10.0 Å². The Kier molecular flexibility index (Phi) is 10.3. The Morgan fingerprint density at radius 2 is 1.70 bits per heavy atom. The summed E-state index contributed by atoms with van der Waals surface area (Å²) in [5.41, 5.74) is 1.85. The van der Waals surface area contributed by atoms with Gasteiger partial charge in [0.2, 0.25) is 0 Å². The van der Waals surface area contributed by atoms with E-state index >= 15 is 0 Å². The van der Waals surface area contributed by atoms with E-state index in [0.29, 0.717) is 52.4 Å². The average Bonchev–Trinajstić information content (AvgIpc) is 3.30. The first-order valence-corrected chi connectivity index (χ1v) is 16.1. The fourth-order valence-electron chi connectivity index (χ4n) is 4.76. The van der Waals surface area contributed by atoms with Crippen LogP contribution in [0.4, 0.5) is 13.2 Å². The van der Waals surface area contributed by atoms with Gasteiger partial charge in [0.15, 0.2) is 15.6 Å². The van der Waals surface area contributed by atoms with Crippen LogP contribution in [0.25, 0.3) is 10.9 Å². The lowest BCUT2D eigenvalue weighted by atomic mass is 10.0. The van der Waals surface area contributed by atoms with Crippen LogP contribution in [0.1, 0.15) is 49.5 Å². The Morgan fingerprint density at radius 1 is 1.00 bits per heavy atom. The highest BCUT2D eigenvalue weighted by Crippen LogP contribution is 2.30. The third-order valence-electron chi connectivity index (χ3n) is 6.90. The topological polar surface area (TPSA) is 105 Å². The number of hydrogen-bond acceptors (Lipinski definition) is 5. The molecule has 1 amide bonds. The lowest BCUT2D eigenvalue weighted by Crippen LogP contribution is -2.31. The summed E-state index contributed by atoms with van der Waals surface area (Å²) in [4.78, 5) is 28.6. The molecule has 44 heavy (non-hydrogen) atoms. The molecule has 0 spiro atoms. The molecule has 2 N–H and O–H groups in total. The van der Waals surface area contributed by atoms with Gasteiger partial charge in [-0.25, -0.2) is 8.42 Å². The van der Waals surface area contributed by atoms with E-state index in [4.69, 9.17) is 27.9 Å². The Labute approximate surface area is 262 Å². The maximum absolute atomic E-state index is 13.3. The summed E-state index contributed by atoms with van der Waals surface area (Å²) in [6.07, 6.45) is -3.71. The van der Waals surface area contributed by atoms with Gasteiger partial charge in [-0.15, -0.1) is 0 Å². The second-order valence-electron chi connectivity index (χ2n) is 10.3. The van der Waals surface area contributed by atoms with Crippen LogP contribution >= 0.6 is 23.2 Å². The van der Waals surface area contributed by atoms with Crippen molar-refractivity contribution in [3.05, 3.63) is 98.2 Å². The number of carbonyl (C=O) groups is 2. The minimum absolute atomic E-state index is 0.136. The van der Waals surface area contributed by atoms with Gasteiger partial charge in [-0.05, 0) is 85.8 Å². The molecular weight excluding hydrogens is 640 g/mol. The van der Waals surface area contributed by atoms with Crippen LogP contribution in [0, 0.1) is 13.8 Å². The van der Waals surface area contributed by atoms with Crippen LogP contribution in [-0.2, 0) is 22.4 Å². The molecule has 1 aromatic heterocycles. The molecule has 3 aromatic carbocycles. The number of nitrogens with one attached hydrogen (secondary N) is 2. The van der Waals surface area contributed by atoms with Gasteiger partial charge in [-0.1, -0.05) is 35.3 Å². The summed E-state index contributed by atoms with van der Waals surface area (Å²) >= 11 is 12.4. The van der Waals surface area contributed by atoms with E-state index in [-0.39, 0.29) is 17.8 Å². The summed E-state index contributed by atoms with van der Waals surface area (Å²) in [6.45, 7) is 3.71. The van der Waals surface area contributed by atoms with Crippen LogP contribution in [0.15, 0.2) is 54.6 Å². The van der Waals surface area contributed by atoms with Crippen molar-refractivity contribution in [1.29, 1.82) is 0 Å². The zero-order valence-electron chi connectivity index (χ0n) is 23.8. The van der Waals surface area contributed by atoms with Gasteiger partial charge in [0.05, 0.1) is 23.6 Å². The largest absolute Gasteiger partial charge is 0.494 e. The average molecular weight is 670 g/mol. The number of aryl methyl sites for hydroxylation is 3. The second kappa shape index (κ2) is 13.6. The molecule has 0 saturated heterocycles. The van der Waals surface area contributed by atoms with Gasteiger partial charge in [-0.2, -0.15) is 13.2 Å². The van der Waals surface area contributed by atoms with E-state index in [1.54, 1.807) is 18.2 Å². The molecule has 0 unspecified atom stereocenters. The number of ether oxygens (including phenoxy) is 1. The van der Waals surface area contributed by atoms with Gasteiger partial charge >= 0.3 is 6.18 Å². The van der Waals surface area contributed by atoms with Gasteiger partial charge in [0.1, 0.15) is 11.5 Å². The van der Waals surface area contributed by atoms with Crippen molar-refractivity contribution in [3.8, 4) is 5.75 Å². The fraction of sp³-hybridized carbons (Fsp3) is 0.290. The number of hydrogen-bond donors (Lipinski definition) is 2. The minimum atomic E-state index is -4.63. The number of sulfone groups is 1. The molecule has 1 heterocycles. The SMILES string of the molecule is Cc1cc(OCCCc2c(C(=O)CS(=O)(=O)CCNC(=O)c3cccc(C(F)(F)F)c3)[nH]c3cc(Cl)ccc23)cc(C)c1Cl. The monoisotopic (exact) mass is 668 g/mol. The predicted molar refractivity (Wildman–Crippen MR) is 165 cm³/mol. The zero-order valence-corrected chi connectivity index (χ0v) is 26.1. The van der Waals surface area contributed by atoms with Crippen LogP contribution in [-0.4, -0.2) is 49.7 Å². The van der Waals surface area contributed by atoms with Crippen molar-refractivity contribution in [3.63, 3.8) is 0 Å². The lowest BCUT2D eigenvalue weighted by molar-refractivity contribution is -0.137. The molecule has 0 fully saturated rings. The summed E-state index contributed by atoms with van der Waals surface area (Å²) in [5, 5.41) is 4.13. The van der Waals surface area contributed by atoms with E-state index in [9.17, 15) is 31.2 Å².